The predicted molar refractivity (Wildman–Crippen MR) is 105 cm³/mol. The number of phenols is 1. The van der Waals surface area contributed by atoms with Gasteiger partial charge in [-0.25, -0.2) is 4.98 Å². The van der Waals surface area contributed by atoms with Gasteiger partial charge in [-0.15, -0.1) is 0 Å². The van der Waals surface area contributed by atoms with Gasteiger partial charge in [0.25, 0.3) is 5.56 Å². The molecule has 132 valence electrons. The minimum Gasteiger partial charge on any atom is -0.508 e. The molecule has 0 radical (unpaired) electrons. The number of phenolic OH excluding ortho intramolecular Hbond substituents is 1. The van der Waals surface area contributed by atoms with E-state index in [1.807, 2.05) is 65.6 Å². The van der Waals surface area contributed by atoms with Gasteiger partial charge in [0.15, 0.2) is 6.17 Å². The van der Waals surface area contributed by atoms with Crippen molar-refractivity contribution < 1.29 is 5.11 Å². The average molecular weight is 356 g/mol. The molecule has 0 saturated heterocycles. The maximum absolute atomic E-state index is 13.0. The molecule has 27 heavy (non-hydrogen) atoms. The molecule has 0 saturated carbocycles. The van der Waals surface area contributed by atoms with Gasteiger partial charge in [0, 0.05) is 11.3 Å². The minimum atomic E-state index is -0.467. The van der Waals surface area contributed by atoms with Crippen LogP contribution in [0.4, 0.5) is 11.6 Å². The van der Waals surface area contributed by atoms with Crippen LogP contribution >= 0.6 is 0 Å². The number of anilines is 2. The standard InChI is InChI=1S/C21H16N4O2/c26-18-13-7-5-11-16(18)19-23-25-20(27)15-10-4-6-12-17(15)22-21(25)24(19)14-8-2-1-3-9-14/h1-13,19,23,26H. The lowest BCUT2D eigenvalue weighted by Gasteiger charge is -2.25. The van der Waals surface area contributed by atoms with E-state index in [-0.39, 0.29) is 11.3 Å². The van der Waals surface area contributed by atoms with Crippen LogP contribution in [0.1, 0.15) is 11.7 Å². The number of nitrogens with one attached hydrogen (secondary N) is 1. The van der Waals surface area contributed by atoms with Crippen LogP contribution in [0.3, 0.4) is 0 Å². The van der Waals surface area contributed by atoms with Gasteiger partial charge in [-0.3, -0.25) is 15.1 Å². The molecule has 1 aromatic heterocycles. The summed E-state index contributed by atoms with van der Waals surface area (Å²) >= 11 is 0. The average Bonchev–Trinajstić information content (AvgIpc) is 3.08. The molecule has 3 aromatic carbocycles. The highest BCUT2D eigenvalue weighted by Gasteiger charge is 2.35. The normalized spacial score (nSPS) is 15.6. The van der Waals surface area contributed by atoms with E-state index in [1.165, 1.54) is 4.68 Å². The monoisotopic (exact) mass is 356 g/mol. The van der Waals surface area contributed by atoms with Gasteiger partial charge in [0.2, 0.25) is 5.95 Å². The summed E-state index contributed by atoms with van der Waals surface area (Å²) in [5.74, 6) is 0.638. The lowest BCUT2D eigenvalue weighted by atomic mass is 10.1. The first-order chi connectivity index (χ1) is 13.2. The predicted octanol–water partition coefficient (Wildman–Crippen LogP) is 3.50. The largest absolute Gasteiger partial charge is 0.508 e. The molecule has 6 nitrogen and oxygen atoms in total. The Labute approximate surface area is 154 Å². The molecule has 6 heteroatoms. The maximum atomic E-state index is 13.0. The molecule has 0 fully saturated rings. The number of rotatable bonds is 2. The van der Waals surface area contributed by atoms with Crippen LogP contribution in [0.5, 0.6) is 5.75 Å². The van der Waals surface area contributed by atoms with Crippen molar-refractivity contribution in [2.75, 3.05) is 10.3 Å². The molecule has 1 atom stereocenters. The van der Waals surface area contributed by atoms with Crippen molar-refractivity contribution in [3.63, 3.8) is 0 Å². The quantitative estimate of drug-likeness (QED) is 0.575. The summed E-state index contributed by atoms with van der Waals surface area (Å²) in [5, 5.41) is 10.9. The van der Waals surface area contributed by atoms with Gasteiger partial charge in [-0.1, -0.05) is 48.5 Å². The number of aromatic nitrogens is 2. The third-order valence-corrected chi connectivity index (χ3v) is 4.75. The minimum absolute atomic E-state index is 0.154. The Kier molecular flexibility index (Phi) is 3.36. The van der Waals surface area contributed by atoms with E-state index in [4.69, 9.17) is 4.98 Å². The second-order valence-corrected chi connectivity index (χ2v) is 6.37. The van der Waals surface area contributed by atoms with E-state index < -0.39 is 6.17 Å². The third-order valence-electron chi connectivity index (χ3n) is 4.75. The summed E-state index contributed by atoms with van der Waals surface area (Å²) < 4.78 is 1.45. The molecule has 1 aliphatic rings. The van der Waals surface area contributed by atoms with E-state index in [1.54, 1.807) is 18.2 Å². The third kappa shape index (κ3) is 2.34. The topological polar surface area (TPSA) is 70.4 Å². The van der Waals surface area contributed by atoms with Crippen LogP contribution in [0, 0.1) is 0 Å². The molecular weight excluding hydrogens is 340 g/mol. The Morgan fingerprint density at radius 1 is 0.889 bits per heavy atom. The number of aromatic hydroxyl groups is 1. The molecule has 2 N–H and O–H groups in total. The number of nitrogens with zero attached hydrogens (tertiary/aromatic N) is 3. The van der Waals surface area contributed by atoms with Crippen molar-refractivity contribution in [2.24, 2.45) is 0 Å². The summed E-state index contributed by atoms with van der Waals surface area (Å²) in [7, 11) is 0. The van der Waals surface area contributed by atoms with Gasteiger partial charge < -0.3 is 5.11 Å². The molecule has 2 heterocycles. The summed E-state index contributed by atoms with van der Waals surface area (Å²) in [6.45, 7) is 0. The highest BCUT2D eigenvalue weighted by atomic mass is 16.3. The highest BCUT2D eigenvalue weighted by molar-refractivity contribution is 5.80. The maximum Gasteiger partial charge on any atom is 0.281 e. The SMILES string of the molecule is O=c1c2ccccc2nc2n1NC(c1ccccc1O)N2c1ccccc1. The number of fused-ring (bicyclic) bond motifs is 2. The zero-order chi connectivity index (χ0) is 18.4. The van der Waals surface area contributed by atoms with E-state index in [0.717, 1.165) is 5.69 Å². The number of benzene rings is 3. The Balaban J connectivity index is 1.79. The van der Waals surface area contributed by atoms with E-state index >= 15 is 0 Å². The first-order valence-electron chi connectivity index (χ1n) is 8.64. The van der Waals surface area contributed by atoms with E-state index in [2.05, 4.69) is 5.43 Å². The molecule has 0 bridgehead atoms. The Morgan fingerprint density at radius 3 is 2.41 bits per heavy atom. The van der Waals surface area contributed by atoms with Crippen LogP contribution in [0.15, 0.2) is 83.7 Å². The van der Waals surface area contributed by atoms with Crippen molar-refractivity contribution in [1.82, 2.24) is 9.66 Å². The van der Waals surface area contributed by atoms with Crippen molar-refractivity contribution in [3.8, 4) is 5.75 Å². The van der Waals surface area contributed by atoms with Crippen molar-refractivity contribution >= 4 is 22.5 Å². The molecule has 0 aliphatic carbocycles. The van der Waals surface area contributed by atoms with Crippen LogP contribution in [0.2, 0.25) is 0 Å². The number of para-hydroxylation sites is 3. The van der Waals surface area contributed by atoms with Crippen LogP contribution < -0.4 is 15.9 Å². The Bertz CT molecular complexity index is 1200. The first kappa shape index (κ1) is 15.5. The Hall–Kier alpha value is -3.80. The number of hydrogen-bond acceptors (Lipinski definition) is 5. The van der Waals surface area contributed by atoms with Gasteiger partial charge in [0.1, 0.15) is 5.75 Å². The lowest BCUT2D eigenvalue weighted by molar-refractivity contribution is 0.463. The van der Waals surface area contributed by atoms with E-state index in [9.17, 15) is 9.90 Å². The smallest absolute Gasteiger partial charge is 0.281 e. The molecule has 5 rings (SSSR count). The first-order valence-corrected chi connectivity index (χ1v) is 8.64. The number of hydrogen-bond donors (Lipinski definition) is 2. The van der Waals surface area contributed by atoms with Gasteiger partial charge in [-0.2, -0.15) is 4.68 Å². The van der Waals surface area contributed by atoms with Crippen LogP contribution in [-0.4, -0.2) is 14.8 Å². The highest BCUT2D eigenvalue weighted by Crippen LogP contribution is 2.39. The second kappa shape index (κ2) is 5.88. The van der Waals surface area contributed by atoms with E-state index in [0.29, 0.717) is 22.4 Å². The summed E-state index contributed by atoms with van der Waals surface area (Å²) in [5.41, 5.74) is 5.20. The van der Waals surface area contributed by atoms with Crippen molar-refractivity contribution in [2.45, 2.75) is 6.17 Å². The van der Waals surface area contributed by atoms with Crippen molar-refractivity contribution in [1.29, 1.82) is 0 Å². The van der Waals surface area contributed by atoms with Crippen LogP contribution in [-0.2, 0) is 0 Å². The molecule has 4 aromatic rings. The van der Waals surface area contributed by atoms with Gasteiger partial charge in [-0.05, 0) is 30.3 Å². The summed E-state index contributed by atoms with van der Waals surface area (Å²) in [6.07, 6.45) is -0.467. The molecule has 1 unspecified atom stereocenters. The summed E-state index contributed by atoms with van der Waals surface area (Å²) in [4.78, 5) is 19.7. The second-order valence-electron chi connectivity index (χ2n) is 6.37. The Morgan fingerprint density at radius 2 is 1.59 bits per heavy atom. The zero-order valence-electron chi connectivity index (χ0n) is 14.3. The summed E-state index contributed by atoms with van der Waals surface area (Å²) in [6, 6.07) is 24.1. The fraction of sp³-hybridized carbons (Fsp3) is 0.0476. The molecule has 0 spiro atoms. The van der Waals surface area contributed by atoms with Crippen LogP contribution in [0.25, 0.3) is 10.9 Å². The fourth-order valence-corrected chi connectivity index (χ4v) is 3.47. The van der Waals surface area contributed by atoms with Crippen molar-refractivity contribution in [3.05, 3.63) is 94.8 Å². The fourth-order valence-electron chi connectivity index (χ4n) is 3.47. The lowest BCUT2D eigenvalue weighted by Crippen LogP contribution is -2.27. The van der Waals surface area contributed by atoms with Gasteiger partial charge >= 0.3 is 0 Å². The molecular formula is C21H16N4O2. The molecule has 0 amide bonds. The zero-order valence-corrected chi connectivity index (χ0v) is 14.3. The van der Waals surface area contributed by atoms with Gasteiger partial charge in [0.05, 0.1) is 10.9 Å². The molecule has 1 aliphatic heterocycles.